The first-order valence-corrected chi connectivity index (χ1v) is 6.01. The summed E-state index contributed by atoms with van der Waals surface area (Å²) in [4.78, 5) is 0. The summed E-state index contributed by atoms with van der Waals surface area (Å²) in [7, 11) is 0. The van der Waals surface area contributed by atoms with E-state index in [2.05, 4.69) is 0 Å². The Labute approximate surface area is 81.5 Å². The predicted octanol–water partition coefficient (Wildman–Crippen LogP) is 3.26. The molecule has 0 aliphatic heterocycles. The van der Waals surface area contributed by atoms with Gasteiger partial charge in [-0.1, -0.05) is 44.9 Å². The number of hydrogen-bond acceptors (Lipinski definition) is 1. The Balaban J connectivity index is 1.83. The molecule has 2 saturated carbocycles. The van der Waals surface area contributed by atoms with Gasteiger partial charge >= 0.3 is 0 Å². The molecule has 1 heteroatoms. The highest BCUT2D eigenvalue weighted by Gasteiger charge is 2.32. The summed E-state index contributed by atoms with van der Waals surface area (Å²) in [5.74, 6) is 0.850. The van der Waals surface area contributed by atoms with Crippen LogP contribution in [0.3, 0.4) is 0 Å². The minimum absolute atomic E-state index is 0.257. The van der Waals surface area contributed by atoms with E-state index >= 15 is 0 Å². The van der Waals surface area contributed by atoms with Crippen molar-refractivity contribution >= 4 is 0 Å². The van der Waals surface area contributed by atoms with Gasteiger partial charge in [-0.15, -0.1) is 0 Å². The van der Waals surface area contributed by atoms with Crippen LogP contribution in [0.2, 0.25) is 0 Å². The van der Waals surface area contributed by atoms with Gasteiger partial charge in [-0.05, 0) is 25.2 Å². The Kier molecular flexibility index (Phi) is 2.92. The fraction of sp³-hybridized carbons (Fsp3) is 1.00. The molecule has 2 aliphatic rings. The largest absolute Gasteiger partial charge is 0.390 e. The van der Waals surface area contributed by atoms with Crippen LogP contribution in [0.15, 0.2) is 0 Å². The lowest BCUT2D eigenvalue weighted by atomic mass is 9.78. The molecule has 0 aromatic rings. The molecule has 2 aliphatic carbocycles. The van der Waals surface area contributed by atoms with Crippen molar-refractivity contribution < 1.29 is 5.11 Å². The van der Waals surface area contributed by atoms with E-state index in [4.69, 9.17) is 0 Å². The fourth-order valence-corrected chi connectivity index (χ4v) is 3.17. The quantitative estimate of drug-likeness (QED) is 0.695. The van der Waals surface area contributed by atoms with Gasteiger partial charge in [-0.25, -0.2) is 0 Å². The summed E-state index contributed by atoms with van der Waals surface area (Å²) >= 11 is 0. The lowest BCUT2D eigenvalue weighted by molar-refractivity contribution is -0.0169. The molecule has 0 atom stereocenters. The topological polar surface area (TPSA) is 20.2 Å². The molecule has 0 heterocycles. The van der Waals surface area contributed by atoms with Gasteiger partial charge in [-0.3, -0.25) is 0 Å². The third-order valence-corrected chi connectivity index (χ3v) is 3.93. The highest BCUT2D eigenvalue weighted by Crippen LogP contribution is 2.38. The summed E-state index contributed by atoms with van der Waals surface area (Å²) in [6.45, 7) is 0. The van der Waals surface area contributed by atoms with Crippen molar-refractivity contribution in [3.8, 4) is 0 Å². The number of aliphatic hydroxyl groups is 1. The molecular weight excluding hydrogens is 160 g/mol. The van der Waals surface area contributed by atoms with Crippen LogP contribution in [0, 0.1) is 5.92 Å². The van der Waals surface area contributed by atoms with Gasteiger partial charge in [-0.2, -0.15) is 0 Å². The maximum absolute atomic E-state index is 10.3. The van der Waals surface area contributed by atoms with Gasteiger partial charge in [0.1, 0.15) is 0 Å². The van der Waals surface area contributed by atoms with Gasteiger partial charge in [0, 0.05) is 0 Å². The molecule has 1 nitrogen and oxygen atoms in total. The SMILES string of the molecule is OC1(CC2CCCC2)CCCCC1. The van der Waals surface area contributed by atoms with E-state index < -0.39 is 0 Å². The summed E-state index contributed by atoms with van der Waals surface area (Å²) in [6.07, 6.45) is 12.7. The molecular formula is C12H22O. The zero-order valence-corrected chi connectivity index (χ0v) is 8.60. The molecule has 0 aromatic carbocycles. The van der Waals surface area contributed by atoms with E-state index in [1.807, 2.05) is 0 Å². The Bertz CT molecular complexity index is 153. The average molecular weight is 182 g/mol. The minimum atomic E-state index is -0.257. The Hall–Kier alpha value is -0.0400. The van der Waals surface area contributed by atoms with E-state index in [1.165, 1.54) is 44.9 Å². The number of hydrogen-bond donors (Lipinski definition) is 1. The zero-order valence-electron chi connectivity index (χ0n) is 8.60. The minimum Gasteiger partial charge on any atom is -0.390 e. The standard InChI is InChI=1S/C12H22O/c13-12(8-4-1-5-9-12)10-11-6-2-3-7-11/h11,13H,1-10H2. The summed E-state index contributed by atoms with van der Waals surface area (Å²) in [5.41, 5.74) is -0.257. The summed E-state index contributed by atoms with van der Waals surface area (Å²) < 4.78 is 0. The van der Waals surface area contributed by atoms with E-state index in [9.17, 15) is 5.11 Å². The van der Waals surface area contributed by atoms with Crippen LogP contribution in [0.1, 0.15) is 64.2 Å². The van der Waals surface area contributed by atoms with Crippen LogP contribution in [0.5, 0.6) is 0 Å². The average Bonchev–Trinajstić information content (AvgIpc) is 2.57. The van der Waals surface area contributed by atoms with Crippen LogP contribution >= 0.6 is 0 Å². The highest BCUT2D eigenvalue weighted by atomic mass is 16.3. The smallest absolute Gasteiger partial charge is 0.0650 e. The molecule has 76 valence electrons. The van der Waals surface area contributed by atoms with Crippen LogP contribution in [-0.4, -0.2) is 10.7 Å². The van der Waals surface area contributed by atoms with Crippen molar-refractivity contribution in [3.05, 3.63) is 0 Å². The van der Waals surface area contributed by atoms with Crippen LogP contribution < -0.4 is 0 Å². The van der Waals surface area contributed by atoms with Crippen molar-refractivity contribution in [2.24, 2.45) is 5.92 Å². The third-order valence-electron chi connectivity index (χ3n) is 3.93. The molecule has 0 aromatic heterocycles. The molecule has 0 amide bonds. The van der Waals surface area contributed by atoms with Gasteiger partial charge in [0.05, 0.1) is 5.60 Å². The van der Waals surface area contributed by atoms with E-state index in [-0.39, 0.29) is 5.60 Å². The first-order chi connectivity index (χ1) is 6.29. The van der Waals surface area contributed by atoms with Crippen molar-refractivity contribution in [1.29, 1.82) is 0 Å². The second-order valence-electron chi connectivity index (χ2n) is 5.14. The van der Waals surface area contributed by atoms with Gasteiger partial charge in [0.2, 0.25) is 0 Å². The molecule has 0 spiro atoms. The Morgan fingerprint density at radius 3 is 2.15 bits per heavy atom. The highest BCUT2D eigenvalue weighted by molar-refractivity contribution is 4.86. The molecule has 0 bridgehead atoms. The van der Waals surface area contributed by atoms with Crippen molar-refractivity contribution in [3.63, 3.8) is 0 Å². The van der Waals surface area contributed by atoms with Crippen molar-refractivity contribution in [2.45, 2.75) is 69.8 Å². The monoisotopic (exact) mass is 182 g/mol. The second kappa shape index (κ2) is 4.00. The fourth-order valence-electron chi connectivity index (χ4n) is 3.17. The molecule has 13 heavy (non-hydrogen) atoms. The lowest BCUT2D eigenvalue weighted by Gasteiger charge is -2.34. The van der Waals surface area contributed by atoms with Crippen LogP contribution in [0.4, 0.5) is 0 Å². The first-order valence-electron chi connectivity index (χ1n) is 6.01. The molecule has 2 fully saturated rings. The van der Waals surface area contributed by atoms with Crippen LogP contribution in [-0.2, 0) is 0 Å². The maximum Gasteiger partial charge on any atom is 0.0650 e. The Morgan fingerprint density at radius 1 is 0.923 bits per heavy atom. The molecule has 0 radical (unpaired) electrons. The van der Waals surface area contributed by atoms with Gasteiger partial charge in [0.25, 0.3) is 0 Å². The molecule has 0 saturated heterocycles. The molecule has 0 unspecified atom stereocenters. The van der Waals surface area contributed by atoms with Crippen molar-refractivity contribution in [2.75, 3.05) is 0 Å². The van der Waals surface area contributed by atoms with Crippen molar-refractivity contribution in [1.82, 2.24) is 0 Å². The van der Waals surface area contributed by atoms with E-state index in [1.54, 1.807) is 0 Å². The normalized spacial score (nSPS) is 29.3. The van der Waals surface area contributed by atoms with E-state index in [0.717, 1.165) is 25.2 Å². The summed E-state index contributed by atoms with van der Waals surface area (Å²) in [5, 5.41) is 10.3. The van der Waals surface area contributed by atoms with Gasteiger partial charge in [0.15, 0.2) is 0 Å². The second-order valence-corrected chi connectivity index (χ2v) is 5.14. The zero-order chi connectivity index (χ0) is 9.15. The lowest BCUT2D eigenvalue weighted by Crippen LogP contribution is -2.33. The predicted molar refractivity (Wildman–Crippen MR) is 54.6 cm³/mol. The van der Waals surface area contributed by atoms with E-state index in [0.29, 0.717) is 0 Å². The Morgan fingerprint density at radius 2 is 1.54 bits per heavy atom. The molecule has 1 N–H and O–H groups in total. The number of rotatable bonds is 2. The maximum atomic E-state index is 10.3. The molecule has 2 rings (SSSR count). The van der Waals surface area contributed by atoms with Gasteiger partial charge < -0.3 is 5.11 Å². The summed E-state index contributed by atoms with van der Waals surface area (Å²) in [6, 6.07) is 0. The first kappa shape index (κ1) is 9.51. The van der Waals surface area contributed by atoms with Crippen LogP contribution in [0.25, 0.3) is 0 Å². The third kappa shape index (κ3) is 2.46.